The van der Waals surface area contributed by atoms with Gasteiger partial charge in [0, 0.05) is 18.9 Å². The van der Waals surface area contributed by atoms with Crippen molar-refractivity contribution in [3.63, 3.8) is 0 Å². The van der Waals surface area contributed by atoms with E-state index in [0.29, 0.717) is 23.7 Å². The maximum atomic E-state index is 11.3. The van der Waals surface area contributed by atoms with Gasteiger partial charge in [0.25, 0.3) is 0 Å². The summed E-state index contributed by atoms with van der Waals surface area (Å²) in [4.78, 5) is 13.5. The molecule has 0 spiro atoms. The molecule has 0 heterocycles. The van der Waals surface area contributed by atoms with E-state index >= 15 is 0 Å². The normalized spacial score (nSPS) is 30.2. The highest BCUT2D eigenvalue weighted by Crippen LogP contribution is 2.30. The second-order valence-electron chi connectivity index (χ2n) is 4.72. The van der Waals surface area contributed by atoms with E-state index in [9.17, 15) is 4.79 Å². The Morgan fingerprint density at radius 2 is 2.00 bits per heavy atom. The standard InChI is InChI=1S/C11H21NO/c1-8(2)10-6-5-9(13)7-11(10)12(3)4/h8,10-11H,5-7H2,1-4H3. The van der Waals surface area contributed by atoms with Gasteiger partial charge in [-0.3, -0.25) is 4.79 Å². The third kappa shape index (κ3) is 2.53. The summed E-state index contributed by atoms with van der Waals surface area (Å²) >= 11 is 0. The molecular weight excluding hydrogens is 162 g/mol. The number of Topliss-reactive ketones (excluding diaryl/α,β-unsaturated/α-hetero) is 1. The van der Waals surface area contributed by atoms with Crippen LogP contribution in [0.5, 0.6) is 0 Å². The molecule has 0 bridgehead atoms. The zero-order chi connectivity index (χ0) is 10.0. The first-order valence-electron chi connectivity index (χ1n) is 5.20. The molecule has 1 aliphatic carbocycles. The van der Waals surface area contributed by atoms with Crippen molar-refractivity contribution in [1.29, 1.82) is 0 Å². The van der Waals surface area contributed by atoms with Gasteiger partial charge in [-0.2, -0.15) is 0 Å². The molecular formula is C11H21NO. The maximum Gasteiger partial charge on any atom is 0.134 e. The molecule has 0 aromatic carbocycles. The number of hydrogen-bond donors (Lipinski definition) is 0. The summed E-state index contributed by atoms with van der Waals surface area (Å²) < 4.78 is 0. The molecule has 0 saturated heterocycles. The number of ketones is 1. The van der Waals surface area contributed by atoms with Gasteiger partial charge >= 0.3 is 0 Å². The third-order valence-electron chi connectivity index (χ3n) is 3.21. The van der Waals surface area contributed by atoms with Crippen molar-refractivity contribution in [3.8, 4) is 0 Å². The Labute approximate surface area is 81.3 Å². The number of hydrogen-bond acceptors (Lipinski definition) is 2. The van der Waals surface area contributed by atoms with Gasteiger partial charge < -0.3 is 4.90 Å². The van der Waals surface area contributed by atoms with Crippen molar-refractivity contribution in [1.82, 2.24) is 4.90 Å². The van der Waals surface area contributed by atoms with Gasteiger partial charge in [-0.25, -0.2) is 0 Å². The van der Waals surface area contributed by atoms with Crippen LogP contribution in [0.15, 0.2) is 0 Å². The Hall–Kier alpha value is -0.370. The smallest absolute Gasteiger partial charge is 0.134 e. The van der Waals surface area contributed by atoms with Crippen molar-refractivity contribution in [2.75, 3.05) is 14.1 Å². The van der Waals surface area contributed by atoms with Crippen LogP contribution in [0.2, 0.25) is 0 Å². The van der Waals surface area contributed by atoms with E-state index in [0.717, 1.165) is 19.3 Å². The lowest BCUT2D eigenvalue weighted by atomic mass is 9.77. The summed E-state index contributed by atoms with van der Waals surface area (Å²) in [6.45, 7) is 4.52. The molecule has 76 valence electrons. The van der Waals surface area contributed by atoms with Gasteiger partial charge in [-0.05, 0) is 32.4 Å². The minimum atomic E-state index is 0.440. The fourth-order valence-corrected chi connectivity index (χ4v) is 2.35. The number of carbonyl (C=O) groups is 1. The van der Waals surface area contributed by atoms with Crippen molar-refractivity contribution in [2.45, 2.75) is 39.2 Å². The molecule has 0 amide bonds. The highest BCUT2D eigenvalue weighted by atomic mass is 16.1. The second-order valence-corrected chi connectivity index (χ2v) is 4.72. The topological polar surface area (TPSA) is 20.3 Å². The van der Waals surface area contributed by atoms with E-state index in [1.54, 1.807) is 0 Å². The molecule has 0 radical (unpaired) electrons. The zero-order valence-corrected chi connectivity index (χ0v) is 9.21. The van der Waals surface area contributed by atoms with Crippen LogP contribution in [0, 0.1) is 11.8 Å². The predicted molar refractivity (Wildman–Crippen MR) is 54.7 cm³/mol. The average molecular weight is 183 g/mol. The molecule has 13 heavy (non-hydrogen) atoms. The number of rotatable bonds is 2. The van der Waals surface area contributed by atoms with Crippen molar-refractivity contribution in [2.24, 2.45) is 11.8 Å². The van der Waals surface area contributed by atoms with Crippen LogP contribution in [0.4, 0.5) is 0 Å². The SMILES string of the molecule is CC(C)C1CCC(=O)CC1N(C)C. The lowest BCUT2D eigenvalue weighted by Crippen LogP contribution is -2.42. The molecule has 1 saturated carbocycles. The predicted octanol–water partition coefficient (Wildman–Crippen LogP) is 1.94. The summed E-state index contributed by atoms with van der Waals surface area (Å²) in [5.74, 6) is 1.84. The summed E-state index contributed by atoms with van der Waals surface area (Å²) in [6.07, 6.45) is 2.64. The fourth-order valence-electron chi connectivity index (χ4n) is 2.35. The molecule has 1 aliphatic rings. The number of carbonyl (C=O) groups excluding carboxylic acids is 1. The molecule has 2 nitrogen and oxygen atoms in total. The lowest BCUT2D eigenvalue weighted by Gasteiger charge is -2.37. The Bertz CT molecular complexity index is 187. The monoisotopic (exact) mass is 183 g/mol. The van der Waals surface area contributed by atoms with E-state index in [1.165, 1.54) is 0 Å². The Morgan fingerprint density at radius 1 is 1.38 bits per heavy atom. The van der Waals surface area contributed by atoms with Crippen LogP contribution in [0.3, 0.4) is 0 Å². The highest BCUT2D eigenvalue weighted by molar-refractivity contribution is 5.79. The second kappa shape index (κ2) is 4.23. The minimum Gasteiger partial charge on any atom is -0.306 e. The first-order chi connectivity index (χ1) is 6.02. The van der Waals surface area contributed by atoms with E-state index < -0.39 is 0 Å². The fraction of sp³-hybridized carbons (Fsp3) is 0.909. The van der Waals surface area contributed by atoms with Gasteiger partial charge in [0.1, 0.15) is 5.78 Å². The first-order valence-corrected chi connectivity index (χ1v) is 5.20. The Morgan fingerprint density at radius 3 is 2.46 bits per heavy atom. The molecule has 1 rings (SSSR count). The third-order valence-corrected chi connectivity index (χ3v) is 3.21. The summed E-state index contributed by atoms with van der Waals surface area (Å²) in [7, 11) is 4.16. The summed E-state index contributed by atoms with van der Waals surface area (Å²) in [5, 5.41) is 0. The molecule has 0 aromatic rings. The van der Waals surface area contributed by atoms with Gasteiger partial charge in [-0.15, -0.1) is 0 Å². The van der Waals surface area contributed by atoms with Crippen LogP contribution in [-0.4, -0.2) is 30.8 Å². The van der Waals surface area contributed by atoms with E-state index in [1.807, 2.05) is 0 Å². The Kier molecular flexibility index (Phi) is 3.48. The lowest BCUT2D eigenvalue weighted by molar-refractivity contribution is -0.123. The summed E-state index contributed by atoms with van der Waals surface area (Å²) in [6, 6.07) is 0.473. The number of nitrogens with zero attached hydrogens (tertiary/aromatic N) is 1. The largest absolute Gasteiger partial charge is 0.306 e. The van der Waals surface area contributed by atoms with Crippen LogP contribution < -0.4 is 0 Å². The van der Waals surface area contributed by atoms with Gasteiger partial charge in [0.05, 0.1) is 0 Å². The Balaban J connectivity index is 2.66. The van der Waals surface area contributed by atoms with E-state index in [4.69, 9.17) is 0 Å². The minimum absolute atomic E-state index is 0.440. The molecule has 2 atom stereocenters. The van der Waals surface area contributed by atoms with Crippen molar-refractivity contribution < 1.29 is 4.79 Å². The van der Waals surface area contributed by atoms with Gasteiger partial charge in [0.2, 0.25) is 0 Å². The van der Waals surface area contributed by atoms with E-state index in [2.05, 4.69) is 32.8 Å². The van der Waals surface area contributed by atoms with Crippen molar-refractivity contribution >= 4 is 5.78 Å². The molecule has 1 fully saturated rings. The molecule has 2 heteroatoms. The van der Waals surface area contributed by atoms with Crippen LogP contribution in [-0.2, 0) is 4.79 Å². The van der Waals surface area contributed by atoms with Crippen molar-refractivity contribution in [3.05, 3.63) is 0 Å². The zero-order valence-electron chi connectivity index (χ0n) is 9.21. The maximum absolute atomic E-state index is 11.3. The highest BCUT2D eigenvalue weighted by Gasteiger charge is 2.32. The van der Waals surface area contributed by atoms with Gasteiger partial charge in [0.15, 0.2) is 0 Å². The molecule has 0 N–H and O–H groups in total. The summed E-state index contributed by atoms with van der Waals surface area (Å²) in [5.41, 5.74) is 0. The van der Waals surface area contributed by atoms with Crippen LogP contribution in [0.1, 0.15) is 33.1 Å². The molecule has 2 unspecified atom stereocenters. The molecule has 0 aromatic heterocycles. The van der Waals surface area contributed by atoms with E-state index in [-0.39, 0.29) is 0 Å². The first kappa shape index (κ1) is 10.7. The van der Waals surface area contributed by atoms with Crippen LogP contribution >= 0.6 is 0 Å². The quantitative estimate of drug-likeness (QED) is 0.652. The van der Waals surface area contributed by atoms with Crippen LogP contribution in [0.25, 0.3) is 0 Å². The molecule has 0 aliphatic heterocycles. The average Bonchev–Trinajstić information content (AvgIpc) is 2.03. The van der Waals surface area contributed by atoms with Gasteiger partial charge in [-0.1, -0.05) is 13.8 Å².